The normalized spacial score (nSPS) is 13.6. The van der Waals surface area contributed by atoms with Gasteiger partial charge in [-0.2, -0.15) is 13.2 Å². The first kappa shape index (κ1) is 14.9. The molecule has 1 atom stereocenters. The second-order valence-electron chi connectivity index (χ2n) is 3.68. The first-order valence-electron chi connectivity index (χ1n) is 5.59. The van der Waals surface area contributed by atoms with E-state index in [1.54, 1.807) is 18.2 Å². The zero-order valence-electron chi connectivity index (χ0n) is 9.78. The van der Waals surface area contributed by atoms with Gasteiger partial charge in [-0.3, -0.25) is 0 Å². The maximum absolute atomic E-state index is 12.8. The second-order valence-corrected chi connectivity index (χ2v) is 3.68. The predicted octanol–water partition coefficient (Wildman–Crippen LogP) is 1.89. The van der Waals surface area contributed by atoms with Gasteiger partial charge in [-0.05, 0) is 5.56 Å². The Hall–Kier alpha value is -1.11. The summed E-state index contributed by atoms with van der Waals surface area (Å²) in [7, 11) is 0. The lowest BCUT2D eigenvalue weighted by molar-refractivity contribution is -0.158. The van der Waals surface area contributed by atoms with Gasteiger partial charge >= 0.3 is 6.18 Å². The van der Waals surface area contributed by atoms with E-state index in [0.717, 1.165) is 0 Å². The summed E-state index contributed by atoms with van der Waals surface area (Å²) in [6.45, 7) is 0.185. The monoisotopic (exact) mass is 263 g/mol. The molecule has 0 heterocycles. The Balaban J connectivity index is 2.53. The number of benzene rings is 1. The summed E-state index contributed by atoms with van der Waals surface area (Å²) in [5, 5.41) is 10.9. The van der Waals surface area contributed by atoms with E-state index < -0.39 is 12.2 Å². The van der Waals surface area contributed by atoms with Crippen molar-refractivity contribution in [1.82, 2.24) is 5.32 Å². The number of alkyl halides is 3. The van der Waals surface area contributed by atoms with E-state index in [1.807, 2.05) is 0 Å². The van der Waals surface area contributed by atoms with Crippen LogP contribution in [0.15, 0.2) is 30.3 Å². The third kappa shape index (κ3) is 5.03. The van der Waals surface area contributed by atoms with Crippen molar-refractivity contribution in [3.8, 4) is 0 Å². The largest absolute Gasteiger partial charge is 0.407 e. The molecule has 6 heteroatoms. The maximum Gasteiger partial charge on any atom is 0.407 e. The highest BCUT2D eigenvalue weighted by Gasteiger charge is 2.40. The standard InChI is InChI=1S/C12H16F3NO2/c13-12(14,15)11(10-4-2-1-3-5-10)16-6-8-18-9-7-17/h1-5,11,16-17H,6-9H2. The number of rotatable bonds is 7. The lowest BCUT2D eigenvalue weighted by Gasteiger charge is -2.22. The zero-order chi connectivity index (χ0) is 13.4. The highest BCUT2D eigenvalue weighted by atomic mass is 19.4. The molecule has 0 spiro atoms. The number of hydrogen-bond donors (Lipinski definition) is 2. The molecule has 0 aliphatic rings. The molecule has 1 unspecified atom stereocenters. The Morgan fingerprint density at radius 3 is 2.39 bits per heavy atom. The molecule has 1 aromatic carbocycles. The van der Waals surface area contributed by atoms with Gasteiger partial charge in [0.2, 0.25) is 0 Å². The van der Waals surface area contributed by atoms with Gasteiger partial charge in [0, 0.05) is 6.54 Å². The van der Waals surface area contributed by atoms with Crippen LogP contribution in [0.3, 0.4) is 0 Å². The van der Waals surface area contributed by atoms with Gasteiger partial charge in [0.05, 0.1) is 19.8 Å². The maximum atomic E-state index is 12.8. The second kappa shape index (κ2) is 7.35. The minimum atomic E-state index is -4.35. The average molecular weight is 263 g/mol. The number of ether oxygens (including phenoxy) is 1. The lowest BCUT2D eigenvalue weighted by atomic mass is 10.1. The van der Waals surface area contributed by atoms with Crippen molar-refractivity contribution in [2.75, 3.05) is 26.4 Å². The van der Waals surface area contributed by atoms with Crippen LogP contribution in [-0.2, 0) is 4.74 Å². The van der Waals surface area contributed by atoms with E-state index in [4.69, 9.17) is 9.84 Å². The number of aliphatic hydroxyl groups excluding tert-OH is 1. The lowest BCUT2D eigenvalue weighted by Crippen LogP contribution is -2.36. The summed E-state index contributed by atoms with van der Waals surface area (Å²) in [4.78, 5) is 0. The van der Waals surface area contributed by atoms with Crippen molar-refractivity contribution in [1.29, 1.82) is 0 Å². The molecule has 0 radical (unpaired) electrons. The molecule has 0 saturated heterocycles. The van der Waals surface area contributed by atoms with Crippen molar-refractivity contribution in [2.45, 2.75) is 12.2 Å². The number of nitrogens with one attached hydrogen (secondary N) is 1. The van der Waals surface area contributed by atoms with Crippen LogP contribution < -0.4 is 5.32 Å². The fraction of sp³-hybridized carbons (Fsp3) is 0.500. The minimum absolute atomic E-state index is 0.0685. The average Bonchev–Trinajstić information content (AvgIpc) is 2.33. The van der Waals surface area contributed by atoms with Crippen molar-refractivity contribution >= 4 is 0 Å². The summed E-state index contributed by atoms with van der Waals surface area (Å²) in [5.41, 5.74) is 0.173. The Kier molecular flexibility index (Phi) is 6.11. The number of aliphatic hydroxyl groups is 1. The van der Waals surface area contributed by atoms with Gasteiger partial charge in [-0.25, -0.2) is 0 Å². The molecule has 0 aliphatic heterocycles. The van der Waals surface area contributed by atoms with Crippen LogP contribution in [-0.4, -0.2) is 37.6 Å². The molecular formula is C12H16F3NO2. The van der Waals surface area contributed by atoms with Gasteiger partial charge in [0.15, 0.2) is 0 Å². The van der Waals surface area contributed by atoms with E-state index in [-0.39, 0.29) is 31.9 Å². The summed E-state index contributed by atoms with van der Waals surface area (Å²) < 4.78 is 43.4. The molecule has 18 heavy (non-hydrogen) atoms. The number of hydrogen-bond acceptors (Lipinski definition) is 3. The molecule has 0 amide bonds. The number of halogens is 3. The van der Waals surface area contributed by atoms with Crippen molar-refractivity contribution in [2.24, 2.45) is 0 Å². The Labute approximate surface area is 104 Å². The van der Waals surface area contributed by atoms with Crippen LogP contribution in [0, 0.1) is 0 Å². The quantitative estimate of drug-likeness (QED) is 0.738. The zero-order valence-corrected chi connectivity index (χ0v) is 9.78. The summed E-state index contributed by atoms with van der Waals surface area (Å²) >= 11 is 0. The third-order valence-electron chi connectivity index (χ3n) is 2.29. The Morgan fingerprint density at radius 1 is 1.17 bits per heavy atom. The molecule has 2 N–H and O–H groups in total. The summed E-state index contributed by atoms with van der Waals surface area (Å²) in [5.74, 6) is 0. The van der Waals surface area contributed by atoms with Gasteiger partial charge in [-0.15, -0.1) is 0 Å². The van der Waals surface area contributed by atoms with Crippen LogP contribution in [0.4, 0.5) is 13.2 Å². The SMILES string of the molecule is OCCOCCNC(c1ccccc1)C(F)(F)F. The highest BCUT2D eigenvalue weighted by Crippen LogP contribution is 2.32. The van der Waals surface area contributed by atoms with Crippen molar-refractivity contribution in [3.63, 3.8) is 0 Å². The van der Waals surface area contributed by atoms with Gasteiger partial charge in [-0.1, -0.05) is 30.3 Å². The first-order chi connectivity index (χ1) is 8.55. The molecule has 1 aromatic rings. The van der Waals surface area contributed by atoms with E-state index in [0.29, 0.717) is 0 Å². The van der Waals surface area contributed by atoms with Crippen molar-refractivity contribution < 1.29 is 23.0 Å². The van der Waals surface area contributed by atoms with Gasteiger partial charge in [0.1, 0.15) is 6.04 Å². The molecule has 102 valence electrons. The molecule has 0 bridgehead atoms. The fourth-order valence-electron chi connectivity index (χ4n) is 1.51. The Bertz CT molecular complexity index is 330. The van der Waals surface area contributed by atoms with Crippen LogP contribution in [0.5, 0.6) is 0 Å². The molecule has 0 fully saturated rings. The smallest absolute Gasteiger partial charge is 0.394 e. The van der Waals surface area contributed by atoms with Crippen molar-refractivity contribution in [3.05, 3.63) is 35.9 Å². The van der Waals surface area contributed by atoms with E-state index in [1.165, 1.54) is 12.1 Å². The van der Waals surface area contributed by atoms with Crippen LogP contribution in [0.2, 0.25) is 0 Å². The Morgan fingerprint density at radius 2 is 1.83 bits per heavy atom. The third-order valence-corrected chi connectivity index (χ3v) is 2.29. The van der Waals surface area contributed by atoms with E-state index >= 15 is 0 Å². The molecule has 3 nitrogen and oxygen atoms in total. The van der Waals surface area contributed by atoms with E-state index in [9.17, 15) is 13.2 Å². The first-order valence-corrected chi connectivity index (χ1v) is 5.59. The van der Waals surface area contributed by atoms with Crippen LogP contribution >= 0.6 is 0 Å². The molecule has 0 aromatic heterocycles. The topological polar surface area (TPSA) is 41.5 Å². The fourth-order valence-corrected chi connectivity index (χ4v) is 1.51. The molecule has 0 saturated carbocycles. The van der Waals surface area contributed by atoms with Crippen LogP contribution in [0.25, 0.3) is 0 Å². The van der Waals surface area contributed by atoms with Gasteiger partial charge in [0.25, 0.3) is 0 Å². The summed E-state index contributed by atoms with van der Waals surface area (Å²) in [6, 6.07) is 5.97. The van der Waals surface area contributed by atoms with E-state index in [2.05, 4.69) is 5.32 Å². The summed E-state index contributed by atoms with van der Waals surface area (Å²) in [6.07, 6.45) is -4.35. The highest BCUT2D eigenvalue weighted by molar-refractivity contribution is 5.20. The molecule has 0 aliphatic carbocycles. The predicted molar refractivity (Wildman–Crippen MR) is 61.1 cm³/mol. The van der Waals surface area contributed by atoms with Gasteiger partial charge < -0.3 is 15.2 Å². The molecule has 1 rings (SSSR count). The van der Waals surface area contributed by atoms with Crippen LogP contribution in [0.1, 0.15) is 11.6 Å². The minimum Gasteiger partial charge on any atom is -0.394 e. The molecular weight excluding hydrogens is 247 g/mol.